The van der Waals surface area contributed by atoms with Gasteiger partial charge >= 0.3 is 6.61 Å². The summed E-state index contributed by atoms with van der Waals surface area (Å²) >= 11 is 0. The van der Waals surface area contributed by atoms with Gasteiger partial charge in [0.2, 0.25) is 0 Å². The second kappa shape index (κ2) is 7.37. The smallest absolute Gasteiger partial charge is 0.387 e. The fourth-order valence-corrected chi connectivity index (χ4v) is 3.56. The zero-order valence-electron chi connectivity index (χ0n) is 17.0. The Morgan fingerprint density at radius 1 is 1.11 bits per heavy atom. The average molecular weight is 389 g/mol. The number of ether oxygens (including phenoxy) is 1. The van der Waals surface area contributed by atoms with Gasteiger partial charge in [0.1, 0.15) is 11.3 Å². The number of benzene rings is 1. The molecule has 0 unspecified atom stereocenters. The normalized spacial score (nSPS) is 11.8. The van der Waals surface area contributed by atoms with E-state index in [1.54, 1.807) is 35.1 Å². The number of nitrogens with zero attached hydrogens (tertiary/aromatic N) is 3. The molecule has 0 aliphatic heterocycles. The number of alkyl halides is 2. The molecule has 1 aromatic carbocycles. The molecule has 3 rings (SSSR count). The van der Waals surface area contributed by atoms with Crippen molar-refractivity contribution >= 4 is 5.52 Å². The van der Waals surface area contributed by atoms with Gasteiger partial charge in [0.25, 0.3) is 5.56 Å². The van der Waals surface area contributed by atoms with Crippen molar-refractivity contribution < 1.29 is 13.5 Å². The summed E-state index contributed by atoms with van der Waals surface area (Å²) in [5.74, 6) is 0.837. The van der Waals surface area contributed by atoms with Crippen molar-refractivity contribution in [2.45, 2.75) is 60.6 Å². The van der Waals surface area contributed by atoms with Crippen LogP contribution in [-0.4, -0.2) is 20.8 Å². The van der Waals surface area contributed by atoms with Crippen LogP contribution in [-0.2, 0) is 6.54 Å². The first-order chi connectivity index (χ1) is 13.1. The molecule has 0 aliphatic carbocycles. The van der Waals surface area contributed by atoms with Crippen molar-refractivity contribution in [3.8, 4) is 17.1 Å². The Labute approximate surface area is 162 Å². The molecular weight excluding hydrogens is 364 g/mol. The van der Waals surface area contributed by atoms with E-state index in [9.17, 15) is 13.6 Å². The third kappa shape index (κ3) is 3.30. The zero-order valence-corrected chi connectivity index (χ0v) is 17.0. The first-order valence-electron chi connectivity index (χ1n) is 9.35. The summed E-state index contributed by atoms with van der Waals surface area (Å²) in [5.41, 5.74) is 4.33. The maximum atomic E-state index is 13.3. The van der Waals surface area contributed by atoms with E-state index >= 15 is 0 Å². The molecule has 7 heteroatoms. The van der Waals surface area contributed by atoms with Gasteiger partial charge in [-0.2, -0.15) is 8.78 Å². The molecule has 0 spiro atoms. The molecule has 0 saturated heterocycles. The van der Waals surface area contributed by atoms with Gasteiger partial charge in [0.15, 0.2) is 5.82 Å². The summed E-state index contributed by atoms with van der Waals surface area (Å²) < 4.78 is 33.2. The highest BCUT2D eigenvalue weighted by Crippen LogP contribution is 2.30. The molecular formula is C21H25F2N3O2. The van der Waals surface area contributed by atoms with Crippen LogP contribution < -0.4 is 10.3 Å². The lowest BCUT2D eigenvalue weighted by atomic mass is 10.0. The Morgan fingerprint density at radius 2 is 1.79 bits per heavy atom. The number of hydrogen-bond donors (Lipinski definition) is 0. The van der Waals surface area contributed by atoms with E-state index in [2.05, 4.69) is 4.74 Å². The minimum absolute atomic E-state index is 0.103. The van der Waals surface area contributed by atoms with E-state index in [1.807, 2.05) is 33.8 Å². The number of hydrogen-bond acceptors (Lipinski definition) is 3. The molecule has 0 atom stereocenters. The van der Waals surface area contributed by atoms with Gasteiger partial charge in [0, 0.05) is 17.8 Å². The minimum atomic E-state index is -2.88. The number of rotatable bonds is 5. The molecule has 150 valence electrons. The molecule has 28 heavy (non-hydrogen) atoms. The standard InChI is InChI=1S/C21H25F2N3O2/c1-7-25-19(16-8-13(5)17(9-12(16)4)28-21(22)23)24-26-14(6)10-15(11(2)3)18(26)20(25)27/h8-11,21H,7H2,1-6H3. The van der Waals surface area contributed by atoms with Crippen LogP contribution in [0, 0.1) is 20.8 Å². The SMILES string of the molecule is CCn1c(-c2cc(C)c(OC(F)F)cc2C)nn2c(C)cc(C(C)C)c2c1=O. The molecule has 0 N–H and O–H groups in total. The van der Waals surface area contributed by atoms with E-state index in [1.165, 1.54) is 0 Å². The Morgan fingerprint density at radius 3 is 2.36 bits per heavy atom. The van der Waals surface area contributed by atoms with Crippen molar-refractivity contribution in [1.82, 2.24) is 14.2 Å². The van der Waals surface area contributed by atoms with E-state index in [0.717, 1.165) is 16.8 Å². The van der Waals surface area contributed by atoms with Gasteiger partial charge in [-0.25, -0.2) is 4.52 Å². The van der Waals surface area contributed by atoms with Crippen LogP contribution in [0.5, 0.6) is 5.75 Å². The Kier molecular flexibility index (Phi) is 5.28. The highest BCUT2D eigenvalue weighted by molar-refractivity contribution is 5.66. The number of aryl methyl sites for hydroxylation is 3. The lowest BCUT2D eigenvalue weighted by molar-refractivity contribution is -0.0503. The fraction of sp³-hybridized carbons (Fsp3) is 0.429. The molecule has 2 heterocycles. The van der Waals surface area contributed by atoms with Gasteiger partial charge in [-0.05, 0) is 68.5 Å². The molecule has 5 nitrogen and oxygen atoms in total. The van der Waals surface area contributed by atoms with Crippen LogP contribution in [0.4, 0.5) is 8.78 Å². The second-order valence-electron chi connectivity index (χ2n) is 7.34. The number of fused-ring (bicyclic) bond motifs is 1. The van der Waals surface area contributed by atoms with Crippen molar-refractivity contribution in [2.24, 2.45) is 0 Å². The number of aromatic nitrogens is 3. The van der Waals surface area contributed by atoms with E-state index in [-0.39, 0.29) is 17.2 Å². The van der Waals surface area contributed by atoms with Crippen LogP contribution in [0.2, 0.25) is 0 Å². The van der Waals surface area contributed by atoms with Crippen LogP contribution in [0.15, 0.2) is 23.0 Å². The monoisotopic (exact) mass is 389 g/mol. The topological polar surface area (TPSA) is 48.5 Å². The predicted molar refractivity (Wildman–Crippen MR) is 105 cm³/mol. The van der Waals surface area contributed by atoms with E-state index in [4.69, 9.17) is 5.10 Å². The molecule has 3 aromatic rings. The Bertz CT molecular complexity index is 1100. The summed E-state index contributed by atoms with van der Waals surface area (Å²) in [7, 11) is 0. The maximum Gasteiger partial charge on any atom is 0.387 e. The van der Waals surface area contributed by atoms with Gasteiger partial charge in [-0.1, -0.05) is 13.8 Å². The Balaban J connectivity index is 2.31. The lowest BCUT2D eigenvalue weighted by Gasteiger charge is -2.16. The molecule has 0 fully saturated rings. The highest BCUT2D eigenvalue weighted by atomic mass is 19.3. The van der Waals surface area contributed by atoms with E-state index < -0.39 is 6.61 Å². The van der Waals surface area contributed by atoms with Crippen LogP contribution >= 0.6 is 0 Å². The number of halogens is 2. The summed E-state index contributed by atoms with van der Waals surface area (Å²) in [6.45, 7) is 8.97. The van der Waals surface area contributed by atoms with Gasteiger partial charge in [0.05, 0.1) is 0 Å². The third-order valence-corrected chi connectivity index (χ3v) is 5.00. The minimum Gasteiger partial charge on any atom is -0.435 e. The zero-order chi connectivity index (χ0) is 20.7. The summed E-state index contributed by atoms with van der Waals surface area (Å²) in [4.78, 5) is 13.3. The average Bonchev–Trinajstić information content (AvgIpc) is 2.95. The largest absolute Gasteiger partial charge is 0.435 e. The molecule has 2 aromatic heterocycles. The lowest BCUT2D eigenvalue weighted by Crippen LogP contribution is -2.26. The third-order valence-electron chi connectivity index (χ3n) is 5.00. The second-order valence-corrected chi connectivity index (χ2v) is 7.34. The van der Waals surface area contributed by atoms with Crippen molar-refractivity contribution in [1.29, 1.82) is 0 Å². The van der Waals surface area contributed by atoms with Crippen LogP contribution in [0.25, 0.3) is 16.9 Å². The summed E-state index contributed by atoms with van der Waals surface area (Å²) in [5, 5.41) is 4.76. The summed E-state index contributed by atoms with van der Waals surface area (Å²) in [6, 6.07) is 5.31. The first-order valence-corrected chi connectivity index (χ1v) is 9.35. The van der Waals surface area contributed by atoms with Crippen molar-refractivity contribution in [3.63, 3.8) is 0 Å². The molecule has 0 bridgehead atoms. The van der Waals surface area contributed by atoms with Gasteiger partial charge in [-0.15, -0.1) is 5.10 Å². The van der Waals surface area contributed by atoms with Crippen LogP contribution in [0.1, 0.15) is 49.1 Å². The van der Waals surface area contributed by atoms with Crippen molar-refractivity contribution in [3.05, 3.63) is 50.9 Å². The van der Waals surface area contributed by atoms with Crippen LogP contribution in [0.3, 0.4) is 0 Å². The summed E-state index contributed by atoms with van der Waals surface area (Å²) in [6.07, 6.45) is 0. The molecule has 0 amide bonds. The maximum absolute atomic E-state index is 13.3. The van der Waals surface area contributed by atoms with Crippen molar-refractivity contribution in [2.75, 3.05) is 0 Å². The fourth-order valence-electron chi connectivity index (χ4n) is 3.56. The van der Waals surface area contributed by atoms with E-state index in [0.29, 0.717) is 29.0 Å². The van der Waals surface area contributed by atoms with Gasteiger partial charge in [-0.3, -0.25) is 9.36 Å². The molecule has 0 radical (unpaired) electrons. The molecule has 0 saturated carbocycles. The highest BCUT2D eigenvalue weighted by Gasteiger charge is 2.21. The first kappa shape index (κ1) is 20.0. The molecule has 0 aliphatic rings. The predicted octanol–water partition coefficient (Wildman–Crippen LogP) is 4.83. The van der Waals surface area contributed by atoms with Gasteiger partial charge < -0.3 is 4.74 Å². The Hall–Kier alpha value is -2.70. The quantitative estimate of drug-likeness (QED) is 0.628.